The first-order valence-electron chi connectivity index (χ1n) is 4.82. The summed E-state index contributed by atoms with van der Waals surface area (Å²) in [6.07, 6.45) is 1.02. The molecular formula is C9H16O5. The summed E-state index contributed by atoms with van der Waals surface area (Å²) in [6.45, 7) is 1.55. The first-order chi connectivity index (χ1) is 6.83. The van der Waals surface area contributed by atoms with Gasteiger partial charge in [-0.3, -0.25) is 4.79 Å². The predicted molar refractivity (Wildman–Crippen MR) is 47.6 cm³/mol. The molecule has 0 saturated carbocycles. The summed E-state index contributed by atoms with van der Waals surface area (Å²) < 4.78 is 15.2. The van der Waals surface area contributed by atoms with E-state index in [1.165, 1.54) is 0 Å². The Kier molecular flexibility index (Phi) is 5.51. The average molecular weight is 204 g/mol. The van der Waals surface area contributed by atoms with E-state index in [0.717, 1.165) is 6.42 Å². The Hall–Kier alpha value is -0.650. The molecular weight excluding hydrogens is 188 g/mol. The van der Waals surface area contributed by atoms with Gasteiger partial charge in [0, 0.05) is 13.0 Å². The molecule has 5 heteroatoms. The molecule has 1 aliphatic heterocycles. The lowest BCUT2D eigenvalue weighted by atomic mass is 10.3. The number of hydrogen-bond acceptors (Lipinski definition) is 5. The molecule has 82 valence electrons. The summed E-state index contributed by atoms with van der Waals surface area (Å²) >= 11 is 0. The van der Waals surface area contributed by atoms with E-state index in [9.17, 15) is 4.79 Å². The molecule has 0 aromatic carbocycles. The number of ether oxygens (including phenoxy) is 3. The molecule has 0 aromatic heterocycles. The minimum absolute atomic E-state index is 0.0315. The molecule has 0 atom stereocenters. The van der Waals surface area contributed by atoms with E-state index in [-0.39, 0.29) is 25.6 Å². The summed E-state index contributed by atoms with van der Waals surface area (Å²) in [5.41, 5.74) is 0. The fraction of sp³-hybridized carbons (Fsp3) is 0.889. The zero-order valence-electron chi connectivity index (χ0n) is 8.11. The first kappa shape index (κ1) is 11.4. The van der Waals surface area contributed by atoms with Crippen LogP contribution in [-0.4, -0.2) is 43.8 Å². The smallest absolute Gasteiger partial charge is 0.310 e. The van der Waals surface area contributed by atoms with Crippen molar-refractivity contribution in [2.24, 2.45) is 0 Å². The van der Waals surface area contributed by atoms with Crippen LogP contribution < -0.4 is 0 Å². The third-order valence-electron chi connectivity index (χ3n) is 1.79. The van der Waals surface area contributed by atoms with Crippen LogP contribution in [0, 0.1) is 0 Å². The van der Waals surface area contributed by atoms with Gasteiger partial charge in [-0.25, -0.2) is 0 Å². The van der Waals surface area contributed by atoms with E-state index in [4.69, 9.17) is 19.3 Å². The fourth-order valence-electron chi connectivity index (χ4n) is 1.10. The Bertz CT molecular complexity index is 165. The largest absolute Gasteiger partial charge is 0.465 e. The van der Waals surface area contributed by atoms with Crippen molar-refractivity contribution >= 4 is 5.97 Å². The van der Waals surface area contributed by atoms with E-state index in [1.54, 1.807) is 0 Å². The van der Waals surface area contributed by atoms with Crippen LogP contribution in [-0.2, 0) is 19.0 Å². The van der Waals surface area contributed by atoms with Crippen molar-refractivity contribution in [3.63, 3.8) is 0 Å². The maximum Gasteiger partial charge on any atom is 0.310 e. The van der Waals surface area contributed by atoms with Crippen molar-refractivity contribution in [2.45, 2.75) is 25.6 Å². The number of hydrogen-bond donors (Lipinski definition) is 1. The number of rotatable bonds is 5. The van der Waals surface area contributed by atoms with Crippen LogP contribution in [0.2, 0.25) is 0 Å². The highest BCUT2D eigenvalue weighted by atomic mass is 16.7. The maximum absolute atomic E-state index is 11.1. The number of carbonyl (C=O) groups is 1. The van der Waals surface area contributed by atoms with Gasteiger partial charge in [0.15, 0.2) is 6.29 Å². The normalized spacial score (nSPS) is 18.1. The molecule has 0 aromatic rings. The van der Waals surface area contributed by atoms with Crippen molar-refractivity contribution < 1.29 is 24.1 Å². The van der Waals surface area contributed by atoms with Gasteiger partial charge in [-0.1, -0.05) is 0 Å². The van der Waals surface area contributed by atoms with Crippen molar-refractivity contribution in [1.29, 1.82) is 0 Å². The van der Waals surface area contributed by atoms with E-state index >= 15 is 0 Å². The quantitative estimate of drug-likeness (QED) is 0.507. The van der Waals surface area contributed by atoms with Gasteiger partial charge < -0.3 is 19.3 Å². The second-order valence-electron chi connectivity index (χ2n) is 3.03. The van der Waals surface area contributed by atoms with Crippen LogP contribution >= 0.6 is 0 Å². The second kappa shape index (κ2) is 6.75. The van der Waals surface area contributed by atoms with E-state index in [2.05, 4.69) is 0 Å². The molecule has 0 unspecified atom stereocenters. The van der Waals surface area contributed by atoms with Crippen LogP contribution in [0.3, 0.4) is 0 Å². The Morgan fingerprint density at radius 2 is 2.14 bits per heavy atom. The Morgan fingerprint density at radius 1 is 1.43 bits per heavy atom. The Morgan fingerprint density at radius 3 is 2.79 bits per heavy atom. The van der Waals surface area contributed by atoms with Crippen LogP contribution in [0.25, 0.3) is 0 Å². The van der Waals surface area contributed by atoms with Crippen molar-refractivity contribution in [3.8, 4) is 0 Å². The summed E-state index contributed by atoms with van der Waals surface area (Å²) in [4.78, 5) is 11.1. The van der Waals surface area contributed by atoms with Crippen LogP contribution in [0.4, 0.5) is 0 Å². The number of carbonyl (C=O) groups excluding carboxylic acids is 1. The predicted octanol–water partition coefficient (Wildman–Crippen LogP) is 0.0651. The molecule has 0 bridgehead atoms. The standard InChI is InChI=1S/C9H16O5/c10-3-1-4-12-8(11)7-9-13-5-2-6-14-9/h9-10H,1-7H2. The molecule has 5 nitrogen and oxygen atoms in total. The Labute approximate surface area is 82.9 Å². The summed E-state index contributed by atoms with van der Waals surface area (Å²) in [5, 5.41) is 8.46. The van der Waals surface area contributed by atoms with E-state index < -0.39 is 6.29 Å². The molecule has 1 aliphatic rings. The average Bonchev–Trinajstić information content (AvgIpc) is 2.20. The van der Waals surface area contributed by atoms with Gasteiger partial charge >= 0.3 is 5.97 Å². The van der Waals surface area contributed by atoms with Gasteiger partial charge in [-0.15, -0.1) is 0 Å². The van der Waals surface area contributed by atoms with E-state index in [1.807, 2.05) is 0 Å². The lowest BCUT2D eigenvalue weighted by Gasteiger charge is -2.22. The van der Waals surface area contributed by atoms with Crippen LogP contribution in [0.1, 0.15) is 19.3 Å². The van der Waals surface area contributed by atoms with Gasteiger partial charge in [0.2, 0.25) is 0 Å². The van der Waals surface area contributed by atoms with Gasteiger partial charge in [0.25, 0.3) is 0 Å². The van der Waals surface area contributed by atoms with Crippen LogP contribution in [0.15, 0.2) is 0 Å². The third-order valence-corrected chi connectivity index (χ3v) is 1.79. The lowest BCUT2D eigenvalue weighted by molar-refractivity contribution is -0.191. The molecule has 0 spiro atoms. The molecule has 0 amide bonds. The molecule has 1 saturated heterocycles. The molecule has 0 radical (unpaired) electrons. The van der Waals surface area contributed by atoms with E-state index in [0.29, 0.717) is 19.6 Å². The first-order valence-corrected chi connectivity index (χ1v) is 4.82. The van der Waals surface area contributed by atoms with Gasteiger partial charge in [0.1, 0.15) is 0 Å². The third kappa shape index (κ3) is 4.55. The highest BCUT2D eigenvalue weighted by Crippen LogP contribution is 2.09. The molecule has 0 aliphatic carbocycles. The molecule has 1 N–H and O–H groups in total. The molecule has 1 heterocycles. The zero-order valence-corrected chi connectivity index (χ0v) is 8.11. The van der Waals surface area contributed by atoms with Gasteiger partial charge in [0.05, 0.1) is 26.2 Å². The number of aliphatic hydroxyl groups excluding tert-OH is 1. The number of aliphatic hydroxyl groups is 1. The van der Waals surface area contributed by atoms with Crippen LogP contribution in [0.5, 0.6) is 0 Å². The minimum atomic E-state index is -0.453. The molecule has 14 heavy (non-hydrogen) atoms. The SMILES string of the molecule is O=C(CC1OCCCO1)OCCCO. The minimum Gasteiger partial charge on any atom is -0.465 e. The monoisotopic (exact) mass is 204 g/mol. The van der Waals surface area contributed by atoms with Gasteiger partial charge in [-0.05, 0) is 6.42 Å². The molecule has 1 fully saturated rings. The Balaban J connectivity index is 2.06. The fourth-order valence-corrected chi connectivity index (χ4v) is 1.10. The second-order valence-corrected chi connectivity index (χ2v) is 3.03. The highest BCUT2D eigenvalue weighted by Gasteiger charge is 2.18. The lowest BCUT2D eigenvalue weighted by Crippen LogP contribution is -2.28. The zero-order chi connectivity index (χ0) is 10.2. The summed E-state index contributed by atoms with van der Waals surface area (Å²) in [7, 11) is 0. The topological polar surface area (TPSA) is 65.0 Å². The number of esters is 1. The van der Waals surface area contributed by atoms with Crippen molar-refractivity contribution in [3.05, 3.63) is 0 Å². The van der Waals surface area contributed by atoms with Crippen molar-refractivity contribution in [2.75, 3.05) is 26.4 Å². The summed E-state index contributed by atoms with van der Waals surface area (Å²) in [6, 6.07) is 0. The summed E-state index contributed by atoms with van der Waals surface area (Å²) in [5.74, 6) is -0.342. The van der Waals surface area contributed by atoms with Gasteiger partial charge in [-0.2, -0.15) is 0 Å². The van der Waals surface area contributed by atoms with Crippen molar-refractivity contribution in [1.82, 2.24) is 0 Å². The highest BCUT2D eigenvalue weighted by molar-refractivity contribution is 5.69. The molecule has 1 rings (SSSR count). The maximum atomic E-state index is 11.1.